The Morgan fingerprint density at radius 3 is 2.83 bits per heavy atom. The van der Waals surface area contributed by atoms with Crippen molar-refractivity contribution in [3.8, 4) is 0 Å². The Morgan fingerprint density at radius 1 is 1.32 bits per heavy atom. The topological polar surface area (TPSA) is 128 Å². The van der Waals surface area contributed by atoms with Crippen LogP contribution < -0.4 is 5.32 Å². The molecule has 4 heterocycles. The van der Waals surface area contributed by atoms with Crippen LogP contribution in [0.25, 0.3) is 0 Å². The number of nitrogens with one attached hydrogen (secondary N) is 1. The van der Waals surface area contributed by atoms with Gasteiger partial charge in [0, 0.05) is 61.6 Å². The molecule has 0 aliphatic carbocycles. The van der Waals surface area contributed by atoms with E-state index >= 15 is 0 Å². The number of nitrogens with zero attached hydrogens (tertiary/aromatic N) is 5. The summed E-state index contributed by atoms with van der Waals surface area (Å²) in [6, 6.07) is 2.74. The Kier molecular flexibility index (Phi) is 8.57. The van der Waals surface area contributed by atoms with Gasteiger partial charge in [-0.3, -0.25) is 14.7 Å². The second-order valence-electron chi connectivity index (χ2n) is 10.1. The summed E-state index contributed by atoms with van der Waals surface area (Å²) in [6.07, 6.45) is 1.52. The zero-order valence-corrected chi connectivity index (χ0v) is 24.1. The summed E-state index contributed by atoms with van der Waals surface area (Å²) in [7, 11) is 0. The van der Waals surface area contributed by atoms with E-state index < -0.39 is 29.8 Å². The lowest BCUT2D eigenvalue weighted by molar-refractivity contribution is -0.139. The van der Waals surface area contributed by atoms with Crippen LogP contribution in [0.3, 0.4) is 0 Å². The molecular weight excluding hydrogens is 575 g/mol. The second kappa shape index (κ2) is 12.1. The number of carbonyl (C=O) groups is 3. The van der Waals surface area contributed by atoms with Crippen LogP contribution in [0.1, 0.15) is 36.9 Å². The predicted molar refractivity (Wildman–Crippen MR) is 150 cm³/mol. The van der Waals surface area contributed by atoms with Crippen molar-refractivity contribution in [1.29, 1.82) is 0 Å². The Balaban J connectivity index is 1.46. The first kappa shape index (κ1) is 29.0. The minimum absolute atomic E-state index is 0.126. The lowest BCUT2D eigenvalue weighted by atomic mass is 9.95. The normalized spacial score (nSPS) is 21.9. The van der Waals surface area contributed by atoms with E-state index in [1.54, 1.807) is 41.3 Å². The number of hydrogen-bond donors (Lipinski definition) is 2. The van der Waals surface area contributed by atoms with E-state index in [-0.39, 0.29) is 35.7 Å². The average molecular weight is 605 g/mol. The zero-order valence-electron chi connectivity index (χ0n) is 22.5. The first-order valence-electron chi connectivity index (χ1n) is 13.3. The quantitative estimate of drug-likeness (QED) is 0.418. The van der Waals surface area contributed by atoms with Crippen LogP contribution >= 0.6 is 22.9 Å². The van der Waals surface area contributed by atoms with Crippen molar-refractivity contribution in [3.05, 3.63) is 62.5 Å². The lowest BCUT2D eigenvalue weighted by Gasteiger charge is -2.38. The number of carbonyl (C=O) groups excluding carboxylic acids is 2. The third-order valence-electron chi connectivity index (χ3n) is 7.38. The number of aliphatic imine (C=N–C) groups is 1. The van der Waals surface area contributed by atoms with Gasteiger partial charge in [-0.05, 0) is 19.9 Å². The predicted octanol–water partition coefficient (Wildman–Crippen LogP) is 3.13. The van der Waals surface area contributed by atoms with Crippen LogP contribution in [0.2, 0.25) is 5.02 Å². The molecular formula is C27H30ClFN6O5S. The van der Waals surface area contributed by atoms with Gasteiger partial charge in [0.15, 0.2) is 10.8 Å². The van der Waals surface area contributed by atoms with E-state index in [4.69, 9.17) is 21.3 Å². The van der Waals surface area contributed by atoms with Crippen molar-refractivity contribution in [2.75, 3.05) is 39.3 Å². The largest absolute Gasteiger partial charge is 0.481 e. The molecule has 11 nitrogen and oxygen atoms in total. The molecule has 2 amide bonds. The van der Waals surface area contributed by atoms with Crippen molar-refractivity contribution in [2.24, 2.45) is 4.99 Å². The first-order valence-corrected chi connectivity index (χ1v) is 14.5. The van der Waals surface area contributed by atoms with Crippen molar-refractivity contribution in [1.82, 2.24) is 25.0 Å². The highest BCUT2D eigenvalue weighted by molar-refractivity contribution is 7.11. The van der Waals surface area contributed by atoms with Crippen LogP contribution in [0.15, 0.2) is 46.0 Å². The molecule has 5 rings (SSSR count). The fraction of sp³-hybridized carbons (Fsp3) is 0.444. The number of carboxylic acids is 1. The number of rotatable bonds is 9. The first-order chi connectivity index (χ1) is 19.7. The van der Waals surface area contributed by atoms with Gasteiger partial charge in [-0.1, -0.05) is 23.7 Å². The van der Waals surface area contributed by atoms with Gasteiger partial charge in [0.05, 0.1) is 29.7 Å². The number of aliphatic carboxylic acids is 1. The molecule has 3 aliphatic rings. The molecule has 0 bridgehead atoms. The minimum Gasteiger partial charge on any atom is -0.481 e. The second-order valence-corrected chi connectivity index (χ2v) is 11.3. The number of carboxylic acid groups (broad SMARTS) is 1. The van der Waals surface area contributed by atoms with Gasteiger partial charge in [0.2, 0.25) is 0 Å². The number of halogens is 2. The number of piperazine rings is 1. The fourth-order valence-electron chi connectivity index (χ4n) is 5.47. The Bertz CT molecular complexity index is 1400. The zero-order chi connectivity index (χ0) is 29.3. The summed E-state index contributed by atoms with van der Waals surface area (Å²) in [6.45, 7) is 5.78. The summed E-state index contributed by atoms with van der Waals surface area (Å²) < 4.78 is 20.0. The van der Waals surface area contributed by atoms with Crippen LogP contribution in [0.5, 0.6) is 0 Å². The SMILES string of the molecule is CCOC(=O)C1=C(CN2CCN3C(=O)N([C@H](C)CC(=O)O)C[C@@H]3C2)NC(c2nccs2)=N[C@H]1c1cccc(F)c1Cl. The summed E-state index contributed by atoms with van der Waals surface area (Å²) in [4.78, 5) is 52.2. The van der Waals surface area contributed by atoms with E-state index in [9.17, 15) is 23.9 Å². The molecule has 0 saturated carbocycles. The molecule has 1 aromatic heterocycles. The number of urea groups is 1. The van der Waals surface area contributed by atoms with E-state index in [2.05, 4.69) is 15.2 Å². The third-order valence-corrected chi connectivity index (χ3v) is 8.56. The number of aromatic nitrogens is 1. The minimum atomic E-state index is -0.954. The molecule has 14 heteroatoms. The number of benzene rings is 1. The summed E-state index contributed by atoms with van der Waals surface area (Å²) >= 11 is 7.76. The van der Waals surface area contributed by atoms with Gasteiger partial charge >= 0.3 is 18.0 Å². The maximum Gasteiger partial charge on any atom is 0.338 e. The Morgan fingerprint density at radius 2 is 2.12 bits per heavy atom. The van der Waals surface area contributed by atoms with Crippen molar-refractivity contribution in [3.63, 3.8) is 0 Å². The highest BCUT2D eigenvalue weighted by Gasteiger charge is 2.43. The van der Waals surface area contributed by atoms with E-state index in [0.717, 1.165) is 0 Å². The van der Waals surface area contributed by atoms with Gasteiger partial charge < -0.3 is 25.0 Å². The highest BCUT2D eigenvalue weighted by Crippen LogP contribution is 2.37. The average Bonchev–Trinajstić information content (AvgIpc) is 3.58. The van der Waals surface area contributed by atoms with Gasteiger partial charge in [-0.25, -0.2) is 19.0 Å². The third kappa shape index (κ3) is 5.92. The Hall–Kier alpha value is -3.55. The molecule has 0 unspecified atom stereocenters. The van der Waals surface area contributed by atoms with Crippen LogP contribution in [0.4, 0.5) is 9.18 Å². The van der Waals surface area contributed by atoms with Gasteiger partial charge in [0.25, 0.3) is 0 Å². The molecule has 0 radical (unpaired) electrons. The number of esters is 1. The van der Waals surface area contributed by atoms with E-state index in [1.165, 1.54) is 23.5 Å². The van der Waals surface area contributed by atoms with Crippen molar-refractivity contribution < 1.29 is 28.6 Å². The number of hydrogen-bond acceptors (Lipinski definition) is 9. The molecule has 2 fully saturated rings. The number of fused-ring (bicyclic) bond motifs is 1. The van der Waals surface area contributed by atoms with Crippen LogP contribution in [-0.2, 0) is 14.3 Å². The van der Waals surface area contributed by atoms with Crippen molar-refractivity contribution >= 4 is 46.7 Å². The molecule has 3 atom stereocenters. The van der Waals surface area contributed by atoms with Crippen molar-refractivity contribution in [2.45, 2.75) is 38.4 Å². The number of ether oxygens (including phenoxy) is 1. The highest BCUT2D eigenvalue weighted by atomic mass is 35.5. The van der Waals surface area contributed by atoms with Gasteiger partial charge in [0.1, 0.15) is 11.9 Å². The monoisotopic (exact) mass is 604 g/mol. The molecule has 41 heavy (non-hydrogen) atoms. The molecule has 0 spiro atoms. The maximum absolute atomic E-state index is 14.5. The number of thiazole rings is 1. The number of amides is 2. The van der Waals surface area contributed by atoms with Gasteiger partial charge in [-0.2, -0.15) is 0 Å². The fourth-order valence-corrected chi connectivity index (χ4v) is 6.29. The Labute approximate surface area is 245 Å². The smallest absolute Gasteiger partial charge is 0.338 e. The molecule has 3 aliphatic heterocycles. The molecule has 2 aromatic rings. The molecule has 1 aromatic carbocycles. The van der Waals surface area contributed by atoms with Gasteiger partial charge in [-0.15, -0.1) is 11.3 Å². The number of amidine groups is 1. The van der Waals surface area contributed by atoms with E-state index in [1.807, 2.05) is 0 Å². The summed E-state index contributed by atoms with van der Waals surface area (Å²) in [5, 5.41) is 14.8. The van der Waals surface area contributed by atoms with E-state index in [0.29, 0.717) is 54.8 Å². The molecule has 218 valence electrons. The standard InChI is InChI=1S/C27H30ClFN6O5S/c1-3-40-26(38)21-19(14-33-8-9-34-16(12-33)13-35(27(34)39)15(2)11-20(36)37)31-24(25-30-7-10-41-25)32-23(21)17-5-4-6-18(29)22(17)28/h4-7,10,15-16,23H,3,8-9,11-14H2,1-2H3,(H,31,32)(H,36,37)/t15-,16+,23+/m1/s1. The molecule has 2 N–H and O–H groups in total. The summed E-state index contributed by atoms with van der Waals surface area (Å²) in [5.41, 5.74) is 1.08. The van der Waals surface area contributed by atoms with Crippen LogP contribution in [-0.4, -0.2) is 100 Å². The lowest BCUT2D eigenvalue weighted by Crippen LogP contribution is -2.53. The van der Waals surface area contributed by atoms with Crippen LogP contribution in [0, 0.1) is 5.82 Å². The summed E-state index contributed by atoms with van der Waals surface area (Å²) in [5.74, 6) is -1.74. The molecule has 2 saturated heterocycles. The maximum atomic E-state index is 14.5.